The molecule has 5 rings (SSSR count). The van der Waals surface area contributed by atoms with E-state index in [1.807, 2.05) is 42.5 Å². The second-order valence-electron chi connectivity index (χ2n) is 11.9. The molecule has 1 aliphatic rings. The van der Waals surface area contributed by atoms with Crippen LogP contribution in [0, 0.1) is 0 Å². The number of benzene rings is 4. The van der Waals surface area contributed by atoms with Crippen molar-refractivity contribution < 1.29 is 24.2 Å². The highest BCUT2D eigenvalue weighted by atomic mass is 16.5. The Labute approximate surface area is 272 Å². The third-order valence-corrected chi connectivity index (χ3v) is 8.75. The molecule has 0 bridgehead atoms. The molecule has 1 unspecified atom stereocenters. The molecule has 0 heterocycles. The molecule has 4 aromatic carbocycles. The van der Waals surface area contributed by atoms with Crippen LogP contribution in [0.15, 0.2) is 97.1 Å². The maximum absolute atomic E-state index is 11.7. The number of ether oxygens (including phenoxy) is 2. The van der Waals surface area contributed by atoms with Gasteiger partial charge in [0.15, 0.2) is 0 Å². The number of aromatic carboxylic acids is 1. The zero-order chi connectivity index (χ0) is 32.1. The van der Waals surface area contributed by atoms with Crippen molar-refractivity contribution in [2.24, 2.45) is 0 Å². The molecule has 1 atom stereocenters. The predicted octanol–water partition coefficient (Wildman–Crippen LogP) is 7.84. The normalized spacial score (nSPS) is 14.0. The van der Waals surface area contributed by atoms with E-state index < -0.39 is 5.97 Å². The van der Waals surface area contributed by atoms with Gasteiger partial charge in [0.2, 0.25) is 0 Å². The van der Waals surface area contributed by atoms with Crippen LogP contribution < -0.4 is 10.1 Å². The second kappa shape index (κ2) is 16.6. The third kappa shape index (κ3) is 9.21. The van der Waals surface area contributed by atoms with Crippen LogP contribution in [0.5, 0.6) is 5.75 Å². The van der Waals surface area contributed by atoms with Crippen molar-refractivity contribution in [3.05, 3.63) is 130 Å². The molecule has 2 N–H and O–H groups in total. The fourth-order valence-corrected chi connectivity index (χ4v) is 6.20. The maximum Gasteiger partial charge on any atom is 0.335 e. The van der Waals surface area contributed by atoms with Gasteiger partial charge in [-0.15, -0.1) is 0 Å². The van der Waals surface area contributed by atoms with Gasteiger partial charge in [-0.25, -0.2) is 4.79 Å². The summed E-state index contributed by atoms with van der Waals surface area (Å²) in [6, 6.07) is 32.7. The minimum atomic E-state index is -0.891. The molecule has 0 radical (unpaired) electrons. The molecule has 46 heavy (non-hydrogen) atoms. The van der Waals surface area contributed by atoms with E-state index in [2.05, 4.69) is 58.7 Å². The number of fused-ring (bicyclic) bond motifs is 1. The quantitative estimate of drug-likeness (QED) is 0.0975. The Morgan fingerprint density at radius 2 is 1.65 bits per heavy atom. The van der Waals surface area contributed by atoms with E-state index in [0.717, 1.165) is 86.3 Å². The Kier molecular flexibility index (Phi) is 11.8. The number of rotatable bonds is 16. The fraction of sp³-hybridized carbons (Fsp3) is 0.333. The summed E-state index contributed by atoms with van der Waals surface area (Å²) in [6.45, 7) is 2.92. The number of methoxy groups -OCH3 is 1. The number of nitrogens with zero attached hydrogens (tertiary/aromatic N) is 1. The lowest BCUT2D eigenvalue weighted by atomic mass is 9.85. The zero-order valence-electron chi connectivity index (χ0n) is 26.6. The number of unbranched alkanes of at least 4 members (excludes halogenated alkanes) is 1. The number of nitrogens with one attached hydrogen (secondary N) is 1. The molecule has 0 amide bonds. The summed E-state index contributed by atoms with van der Waals surface area (Å²) in [7, 11) is 1.43. The highest BCUT2D eigenvalue weighted by Gasteiger charge is 2.27. The first-order valence-electron chi connectivity index (χ1n) is 16.2. The highest BCUT2D eigenvalue weighted by Crippen LogP contribution is 2.35. The topological polar surface area (TPSA) is 88.1 Å². The Morgan fingerprint density at radius 1 is 0.891 bits per heavy atom. The van der Waals surface area contributed by atoms with Gasteiger partial charge in [-0.05, 0) is 103 Å². The number of aryl methyl sites for hydroxylation is 1. The van der Waals surface area contributed by atoms with Gasteiger partial charge < -0.3 is 19.9 Å². The van der Waals surface area contributed by atoms with Gasteiger partial charge in [0.05, 0.1) is 12.7 Å². The lowest BCUT2D eigenvalue weighted by Crippen LogP contribution is -2.34. The summed E-state index contributed by atoms with van der Waals surface area (Å²) in [5, 5.41) is 13.0. The monoisotopic (exact) mass is 620 g/mol. The maximum atomic E-state index is 11.7. The molecule has 240 valence electrons. The highest BCUT2D eigenvalue weighted by molar-refractivity contribution is 5.88. The molecular formula is C39H44N2O5. The summed E-state index contributed by atoms with van der Waals surface area (Å²) < 4.78 is 11.2. The number of carboxylic acid groups (broad SMARTS) is 1. The standard InChI is InChI=1S/C39H44N2O5/c1-45-38(42)16-7-8-24-41(36-14-9-11-32-26-33(39(43)44)21-22-35(32)36)25-23-31-10-5-6-15-37(31)46-28-30-19-17-29(18-20-30)27-40-34-12-3-2-4-13-34/h2-6,10,12-13,15,17-22,26,36,40H,7-9,11,14,16,23-25,27-28H2,1H3,(H,43,44). The van der Waals surface area contributed by atoms with Crippen molar-refractivity contribution in [3.63, 3.8) is 0 Å². The second-order valence-corrected chi connectivity index (χ2v) is 11.9. The number of carbonyl (C=O) groups excluding carboxylic acids is 1. The van der Waals surface area contributed by atoms with Crippen LogP contribution >= 0.6 is 0 Å². The van der Waals surface area contributed by atoms with E-state index in [4.69, 9.17) is 9.47 Å². The molecule has 0 aromatic heterocycles. The van der Waals surface area contributed by atoms with Gasteiger partial charge in [-0.3, -0.25) is 9.69 Å². The third-order valence-electron chi connectivity index (χ3n) is 8.75. The summed E-state index contributed by atoms with van der Waals surface area (Å²) in [5.41, 5.74) is 7.27. The van der Waals surface area contributed by atoms with E-state index in [0.29, 0.717) is 18.6 Å². The molecule has 0 aliphatic heterocycles. The number of hydrogen-bond donors (Lipinski definition) is 2. The Bertz CT molecular complexity index is 1570. The Balaban J connectivity index is 1.23. The summed E-state index contributed by atoms with van der Waals surface area (Å²) in [4.78, 5) is 25.8. The van der Waals surface area contributed by atoms with Crippen LogP contribution in [-0.2, 0) is 35.5 Å². The van der Waals surface area contributed by atoms with Gasteiger partial charge in [-0.2, -0.15) is 0 Å². The van der Waals surface area contributed by atoms with Crippen molar-refractivity contribution in [3.8, 4) is 5.75 Å². The number of anilines is 1. The van der Waals surface area contributed by atoms with E-state index in [9.17, 15) is 14.7 Å². The first kappa shape index (κ1) is 32.8. The lowest BCUT2D eigenvalue weighted by Gasteiger charge is -2.36. The van der Waals surface area contributed by atoms with Crippen LogP contribution in [0.3, 0.4) is 0 Å². The average molecular weight is 621 g/mol. The Morgan fingerprint density at radius 3 is 2.43 bits per heavy atom. The zero-order valence-corrected chi connectivity index (χ0v) is 26.6. The molecule has 0 fully saturated rings. The minimum Gasteiger partial charge on any atom is -0.489 e. The fourth-order valence-electron chi connectivity index (χ4n) is 6.20. The number of carbonyl (C=O) groups is 2. The smallest absolute Gasteiger partial charge is 0.335 e. The van der Waals surface area contributed by atoms with Crippen molar-refractivity contribution in [2.45, 2.75) is 64.1 Å². The van der Waals surface area contributed by atoms with Crippen LogP contribution in [-0.4, -0.2) is 42.1 Å². The predicted molar refractivity (Wildman–Crippen MR) is 181 cm³/mol. The molecule has 0 saturated carbocycles. The summed E-state index contributed by atoms with van der Waals surface area (Å²) >= 11 is 0. The number of para-hydroxylation sites is 2. The van der Waals surface area contributed by atoms with Gasteiger partial charge in [0.1, 0.15) is 12.4 Å². The summed E-state index contributed by atoms with van der Waals surface area (Å²) in [6.07, 6.45) is 5.80. The van der Waals surface area contributed by atoms with E-state index in [-0.39, 0.29) is 12.0 Å². The van der Waals surface area contributed by atoms with Crippen LogP contribution in [0.1, 0.15) is 76.3 Å². The van der Waals surface area contributed by atoms with E-state index >= 15 is 0 Å². The SMILES string of the molecule is COC(=O)CCCCN(CCc1ccccc1OCc1ccc(CNc2ccccc2)cc1)C1CCCc2cc(C(=O)O)ccc21. The van der Waals surface area contributed by atoms with Crippen LogP contribution in [0.2, 0.25) is 0 Å². The van der Waals surface area contributed by atoms with Gasteiger partial charge in [0.25, 0.3) is 0 Å². The van der Waals surface area contributed by atoms with Gasteiger partial charge in [0, 0.05) is 31.2 Å². The molecule has 1 aliphatic carbocycles. The molecular weight excluding hydrogens is 576 g/mol. The van der Waals surface area contributed by atoms with E-state index in [1.165, 1.54) is 18.2 Å². The molecule has 0 saturated heterocycles. The van der Waals surface area contributed by atoms with Crippen molar-refractivity contribution >= 4 is 17.6 Å². The van der Waals surface area contributed by atoms with Crippen molar-refractivity contribution in [2.75, 3.05) is 25.5 Å². The Hall–Kier alpha value is -4.62. The largest absolute Gasteiger partial charge is 0.489 e. The number of hydrogen-bond acceptors (Lipinski definition) is 6. The average Bonchev–Trinajstić information content (AvgIpc) is 3.10. The van der Waals surface area contributed by atoms with Gasteiger partial charge in [-0.1, -0.05) is 66.7 Å². The first-order chi connectivity index (χ1) is 22.5. The first-order valence-corrected chi connectivity index (χ1v) is 16.2. The van der Waals surface area contributed by atoms with Crippen LogP contribution in [0.25, 0.3) is 0 Å². The molecule has 4 aromatic rings. The van der Waals surface area contributed by atoms with Crippen molar-refractivity contribution in [1.82, 2.24) is 4.90 Å². The van der Waals surface area contributed by atoms with Crippen LogP contribution in [0.4, 0.5) is 5.69 Å². The lowest BCUT2D eigenvalue weighted by molar-refractivity contribution is -0.140. The number of esters is 1. The number of carboxylic acids is 1. The molecule has 0 spiro atoms. The molecule has 7 heteroatoms. The summed E-state index contributed by atoms with van der Waals surface area (Å²) in [5.74, 6) is -0.185. The minimum absolute atomic E-state index is 0.180. The van der Waals surface area contributed by atoms with Crippen molar-refractivity contribution in [1.29, 1.82) is 0 Å². The van der Waals surface area contributed by atoms with Gasteiger partial charge >= 0.3 is 11.9 Å². The van der Waals surface area contributed by atoms with E-state index in [1.54, 1.807) is 6.07 Å². The molecule has 7 nitrogen and oxygen atoms in total.